The van der Waals surface area contributed by atoms with Crippen molar-refractivity contribution in [2.45, 2.75) is 38.2 Å². The zero-order chi connectivity index (χ0) is 13.7. The second-order valence-corrected chi connectivity index (χ2v) is 4.52. The minimum absolute atomic E-state index is 0.00326. The molecule has 1 aromatic carbocycles. The fourth-order valence-electron chi connectivity index (χ4n) is 2.17. The Kier molecular flexibility index (Phi) is 4.35. The van der Waals surface area contributed by atoms with Crippen molar-refractivity contribution in [1.82, 2.24) is 0 Å². The number of nitrogens with one attached hydrogen (secondary N) is 1. The molecule has 4 nitrogen and oxygen atoms in total. The Morgan fingerprint density at radius 1 is 1.47 bits per heavy atom. The summed E-state index contributed by atoms with van der Waals surface area (Å²) in [5.74, 6) is -0.897. The summed E-state index contributed by atoms with van der Waals surface area (Å²) in [5.41, 5.74) is 0.284. The first-order valence-corrected chi connectivity index (χ1v) is 6.32. The van der Waals surface area contributed by atoms with Gasteiger partial charge in [0.1, 0.15) is 6.42 Å². The van der Waals surface area contributed by atoms with E-state index in [4.69, 9.17) is 10.00 Å². The van der Waals surface area contributed by atoms with E-state index in [1.54, 1.807) is 12.1 Å². The molecule has 0 saturated heterocycles. The molecule has 100 valence electrons. The van der Waals surface area contributed by atoms with Gasteiger partial charge in [-0.05, 0) is 37.8 Å². The lowest BCUT2D eigenvalue weighted by atomic mass is 10.2. The summed E-state index contributed by atoms with van der Waals surface area (Å²) in [4.78, 5) is 11.4. The number of amides is 1. The molecule has 0 unspecified atom stereocenters. The van der Waals surface area contributed by atoms with Gasteiger partial charge in [-0.1, -0.05) is 6.07 Å². The molecule has 1 aliphatic rings. The lowest BCUT2D eigenvalue weighted by molar-refractivity contribution is -0.115. The van der Waals surface area contributed by atoms with Gasteiger partial charge in [-0.2, -0.15) is 5.26 Å². The van der Waals surface area contributed by atoms with Crippen LogP contribution in [0.15, 0.2) is 18.2 Å². The number of hydrogen-bond acceptors (Lipinski definition) is 3. The number of carbonyl (C=O) groups excluding carboxylic acids is 1. The molecule has 1 amide bonds. The average Bonchev–Trinajstić information content (AvgIpc) is 2.87. The van der Waals surface area contributed by atoms with Crippen molar-refractivity contribution < 1.29 is 13.9 Å². The molecule has 1 saturated carbocycles. The van der Waals surface area contributed by atoms with Crippen LogP contribution in [-0.4, -0.2) is 12.0 Å². The van der Waals surface area contributed by atoms with E-state index >= 15 is 0 Å². The molecule has 19 heavy (non-hydrogen) atoms. The highest BCUT2D eigenvalue weighted by atomic mass is 19.1. The first-order valence-electron chi connectivity index (χ1n) is 6.32. The number of carbonyl (C=O) groups is 1. The molecule has 0 heterocycles. The summed E-state index contributed by atoms with van der Waals surface area (Å²) in [6, 6.07) is 6.12. The third-order valence-electron chi connectivity index (χ3n) is 3.07. The topological polar surface area (TPSA) is 62.1 Å². The number of nitrogens with zero attached hydrogens (tertiary/aromatic N) is 1. The van der Waals surface area contributed by atoms with Gasteiger partial charge < -0.3 is 10.1 Å². The lowest BCUT2D eigenvalue weighted by Gasteiger charge is -2.17. The maximum atomic E-state index is 13.8. The Labute approximate surface area is 111 Å². The Morgan fingerprint density at radius 2 is 2.21 bits per heavy atom. The summed E-state index contributed by atoms with van der Waals surface area (Å²) in [6.07, 6.45) is 3.70. The van der Waals surface area contributed by atoms with Gasteiger partial charge in [-0.15, -0.1) is 0 Å². The molecule has 0 aliphatic heterocycles. The zero-order valence-corrected chi connectivity index (χ0v) is 10.5. The number of ether oxygens (including phenoxy) is 1. The molecule has 1 aromatic rings. The summed E-state index contributed by atoms with van der Waals surface area (Å²) in [6.45, 7) is 0. The predicted octanol–water partition coefficient (Wildman–Crippen LogP) is 3.00. The number of para-hydroxylation sites is 1. The molecular weight excluding hydrogens is 247 g/mol. The molecule has 0 radical (unpaired) electrons. The van der Waals surface area contributed by atoms with Crippen LogP contribution in [0.25, 0.3) is 0 Å². The van der Waals surface area contributed by atoms with Crippen molar-refractivity contribution in [3.05, 3.63) is 24.0 Å². The quantitative estimate of drug-likeness (QED) is 0.907. The minimum atomic E-state index is -0.498. The first-order chi connectivity index (χ1) is 9.20. The van der Waals surface area contributed by atoms with Crippen molar-refractivity contribution in [2.75, 3.05) is 5.32 Å². The molecule has 5 heteroatoms. The van der Waals surface area contributed by atoms with E-state index in [0.717, 1.165) is 25.7 Å². The van der Waals surface area contributed by atoms with Gasteiger partial charge in [0.05, 0.1) is 17.9 Å². The van der Waals surface area contributed by atoms with Crippen LogP contribution in [0.3, 0.4) is 0 Å². The number of anilines is 1. The van der Waals surface area contributed by atoms with Gasteiger partial charge in [0.15, 0.2) is 11.6 Å². The van der Waals surface area contributed by atoms with Crippen LogP contribution >= 0.6 is 0 Å². The van der Waals surface area contributed by atoms with Crippen molar-refractivity contribution in [3.63, 3.8) is 0 Å². The third kappa shape index (κ3) is 3.44. The van der Waals surface area contributed by atoms with Gasteiger partial charge in [-0.25, -0.2) is 4.39 Å². The SMILES string of the molecule is N#CCC(=O)Nc1cccc(F)c1OC1CCCC1. The summed E-state index contributed by atoms with van der Waals surface area (Å²) < 4.78 is 19.4. The maximum absolute atomic E-state index is 13.8. The van der Waals surface area contributed by atoms with Crippen LogP contribution in [0.1, 0.15) is 32.1 Å². The highest BCUT2D eigenvalue weighted by molar-refractivity contribution is 5.93. The smallest absolute Gasteiger partial charge is 0.238 e. The molecular formula is C14H15FN2O2. The largest absolute Gasteiger partial charge is 0.485 e. The van der Waals surface area contributed by atoms with E-state index < -0.39 is 11.7 Å². The summed E-state index contributed by atoms with van der Waals surface area (Å²) >= 11 is 0. The maximum Gasteiger partial charge on any atom is 0.238 e. The molecule has 0 bridgehead atoms. The second-order valence-electron chi connectivity index (χ2n) is 4.52. The molecule has 1 aliphatic carbocycles. The highest BCUT2D eigenvalue weighted by Crippen LogP contribution is 2.32. The molecule has 2 rings (SSSR count). The van der Waals surface area contributed by atoms with E-state index in [9.17, 15) is 9.18 Å². The van der Waals surface area contributed by atoms with Crippen LogP contribution in [0.2, 0.25) is 0 Å². The Balaban J connectivity index is 2.15. The molecule has 0 atom stereocenters. The second kappa shape index (κ2) is 6.19. The molecule has 0 spiro atoms. The van der Waals surface area contributed by atoms with Gasteiger partial charge in [0.25, 0.3) is 0 Å². The lowest BCUT2D eigenvalue weighted by Crippen LogP contribution is -2.16. The highest BCUT2D eigenvalue weighted by Gasteiger charge is 2.20. The Hall–Kier alpha value is -2.09. The minimum Gasteiger partial charge on any atom is -0.485 e. The fraction of sp³-hybridized carbons (Fsp3) is 0.429. The van der Waals surface area contributed by atoms with Crippen LogP contribution in [-0.2, 0) is 4.79 Å². The summed E-state index contributed by atoms with van der Waals surface area (Å²) in [5, 5.41) is 11.0. The Morgan fingerprint density at radius 3 is 2.89 bits per heavy atom. The number of hydrogen-bond donors (Lipinski definition) is 1. The van der Waals surface area contributed by atoms with Gasteiger partial charge in [0.2, 0.25) is 5.91 Å². The van der Waals surface area contributed by atoms with Crippen LogP contribution < -0.4 is 10.1 Å². The van der Waals surface area contributed by atoms with Crippen LogP contribution in [0, 0.1) is 17.1 Å². The Bertz CT molecular complexity index is 505. The van der Waals surface area contributed by atoms with Crippen molar-refractivity contribution in [2.24, 2.45) is 0 Å². The van der Waals surface area contributed by atoms with Gasteiger partial charge in [-0.3, -0.25) is 4.79 Å². The molecule has 0 aromatic heterocycles. The molecule has 1 fully saturated rings. The first kappa shape index (κ1) is 13.3. The molecule has 1 N–H and O–H groups in total. The predicted molar refractivity (Wildman–Crippen MR) is 68.1 cm³/mol. The van der Waals surface area contributed by atoms with Crippen LogP contribution in [0.4, 0.5) is 10.1 Å². The van der Waals surface area contributed by atoms with Crippen molar-refractivity contribution in [3.8, 4) is 11.8 Å². The van der Waals surface area contributed by atoms with Gasteiger partial charge in [0, 0.05) is 0 Å². The van der Waals surface area contributed by atoms with E-state index in [0.29, 0.717) is 0 Å². The third-order valence-corrected chi connectivity index (χ3v) is 3.07. The number of nitriles is 1. The van der Waals surface area contributed by atoms with Gasteiger partial charge >= 0.3 is 0 Å². The van der Waals surface area contributed by atoms with E-state index in [1.807, 2.05) is 0 Å². The standard InChI is InChI=1S/C14H15FN2O2/c15-11-6-3-7-12(17-13(18)8-9-16)14(11)19-10-4-1-2-5-10/h3,6-7,10H,1-2,4-5,8H2,(H,17,18). The monoisotopic (exact) mass is 262 g/mol. The summed E-state index contributed by atoms with van der Waals surface area (Å²) in [7, 11) is 0. The number of rotatable bonds is 4. The zero-order valence-electron chi connectivity index (χ0n) is 10.5. The van der Waals surface area contributed by atoms with E-state index in [-0.39, 0.29) is 24.0 Å². The van der Waals surface area contributed by atoms with Crippen LogP contribution in [0.5, 0.6) is 5.75 Å². The normalized spacial score (nSPS) is 14.9. The van der Waals surface area contributed by atoms with E-state index in [2.05, 4.69) is 5.32 Å². The van der Waals surface area contributed by atoms with E-state index in [1.165, 1.54) is 12.1 Å². The number of halogens is 1. The number of benzene rings is 1. The average molecular weight is 262 g/mol. The fourth-order valence-corrected chi connectivity index (χ4v) is 2.17. The van der Waals surface area contributed by atoms with Crippen molar-refractivity contribution in [1.29, 1.82) is 5.26 Å². The van der Waals surface area contributed by atoms with Crippen molar-refractivity contribution >= 4 is 11.6 Å².